The van der Waals surface area contributed by atoms with Crippen LogP contribution in [0.4, 0.5) is 0 Å². The van der Waals surface area contributed by atoms with Gasteiger partial charge in [0.25, 0.3) is 0 Å². The van der Waals surface area contributed by atoms with E-state index in [1.54, 1.807) is 6.20 Å². The van der Waals surface area contributed by atoms with Crippen molar-refractivity contribution in [3.05, 3.63) is 47.7 Å². The molecule has 0 aliphatic carbocycles. The zero-order valence-corrected chi connectivity index (χ0v) is 8.46. The molecule has 1 aromatic rings. The fourth-order valence-electron chi connectivity index (χ4n) is 1.33. The van der Waals surface area contributed by atoms with Crippen LogP contribution in [0.1, 0.15) is 23.6 Å². The lowest BCUT2D eigenvalue weighted by atomic mass is 10.0. The van der Waals surface area contributed by atoms with Crippen molar-refractivity contribution in [1.82, 2.24) is 0 Å². The molecule has 0 heterocycles. The lowest BCUT2D eigenvalue weighted by Gasteiger charge is -2.05. The normalized spacial score (nSPS) is 11.5. The molecule has 1 heteroatoms. The van der Waals surface area contributed by atoms with E-state index in [1.807, 2.05) is 6.92 Å². The fraction of sp³-hybridized carbons (Fsp3) is 0.250. The van der Waals surface area contributed by atoms with Gasteiger partial charge in [-0.15, -0.1) is 0 Å². The summed E-state index contributed by atoms with van der Waals surface area (Å²) in [4.78, 5) is 4.18. The molecule has 0 aliphatic heterocycles. The van der Waals surface area contributed by atoms with Crippen LogP contribution >= 0.6 is 0 Å². The summed E-state index contributed by atoms with van der Waals surface area (Å²) in [6.07, 6.45) is 1.58. The topological polar surface area (TPSA) is 12.4 Å². The van der Waals surface area contributed by atoms with E-state index in [2.05, 4.69) is 43.6 Å². The molecule has 0 saturated carbocycles. The Morgan fingerprint density at radius 1 is 1.38 bits per heavy atom. The number of nitrogens with zero attached hydrogens (tertiary/aromatic N) is 1. The number of rotatable bonds is 2. The van der Waals surface area contributed by atoms with E-state index >= 15 is 0 Å². The van der Waals surface area contributed by atoms with Gasteiger partial charge in [0.2, 0.25) is 0 Å². The molecule has 0 unspecified atom stereocenters. The van der Waals surface area contributed by atoms with Gasteiger partial charge in [0.15, 0.2) is 0 Å². The third-order valence-corrected chi connectivity index (χ3v) is 2.07. The molecule has 0 spiro atoms. The molecule has 0 N–H and O–H groups in total. The van der Waals surface area contributed by atoms with Crippen LogP contribution < -0.4 is 0 Å². The maximum Gasteiger partial charge on any atom is 0.0447 e. The SMILES string of the molecule is C=C/N=C(/C)c1cc(C)ccc1C. The van der Waals surface area contributed by atoms with Crippen LogP contribution in [0, 0.1) is 13.8 Å². The third kappa shape index (κ3) is 2.28. The molecular weight excluding hydrogens is 158 g/mol. The molecular formula is C12H15N. The van der Waals surface area contributed by atoms with E-state index in [0.717, 1.165) is 5.71 Å². The van der Waals surface area contributed by atoms with Crippen molar-refractivity contribution < 1.29 is 0 Å². The van der Waals surface area contributed by atoms with Crippen LogP contribution in [0.2, 0.25) is 0 Å². The van der Waals surface area contributed by atoms with Crippen molar-refractivity contribution in [2.45, 2.75) is 20.8 Å². The standard InChI is InChI=1S/C12H15N/c1-5-13-11(4)12-8-9(2)6-7-10(12)3/h5-8H,1H2,2-4H3/b13-11-. The third-order valence-electron chi connectivity index (χ3n) is 2.07. The van der Waals surface area contributed by atoms with Crippen molar-refractivity contribution in [2.75, 3.05) is 0 Å². The molecule has 0 fully saturated rings. The minimum atomic E-state index is 1.02. The molecule has 0 saturated heterocycles. The first-order valence-corrected chi connectivity index (χ1v) is 4.38. The molecule has 1 aromatic carbocycles. The van der Waals surface area contributed by atoms with Crippen LogP contribution in [0.15, 0.2) is 36.0 Å². The van der Waals surface area contributed by atoms with Crippen molar-refractivity contribution in [3.8, 4) is 0 Å². The fourth-order valence-corrected chi connectivity index (χ4v) is 1.33. The Morgan fingerprint density at radius 3 is 2.69 bits per heavy atom. The van der Waals surface area contributed by atoms with Gasteiger partial charge in [0, 0.05) is 11.9 Å². The van der Waals surface area contributed by atoms with E-state index in [-0.39, 0.29) is 0 Å². The van der Waals surface area contributed by atoms with Crippen molar-refractivity contribution in [3.63, 3.8) is 0 Å². The smallest absolute Gasteiger partial charge is 0.0447 e. The lowest BCUT2D eigenvalue weighted by Crippen LogP contribution is -1.97. The Bertz CT molecular complexity index is 348. The molecule has 0 aliphatic rings. The summed E-state index contributed by atoms with van der Waals surface area (Å²) in [7, 11) is 0. The quantitative estimate of drug-likeness (QED) is 0.609. The average Bonchev–Trinajstić information content (AvgIpc) is 2.09. The Morgan fingerprint density at radius 2 is 2.08 bits per heavy atom. The Kier molecular flexibility index (Phi) is 3.02. The van der Waals surface area contributed by atoms with E-state index in [0.29, 0.717) is 0 Å². The summed E-state index contributed by atoms with van der Waals surface area (Å²) in [6.45, 7) is 9.78. The zero-order chi connectivity index (χ0) is 9.84. The number of hydrogen-bond donors (Lipinski definition) is 0. The highest BCUT2D eigenvalue weighted by molar-refractivity contribution is 6.00. The molecule has 1 rings (SSSR count). The number of benzene rings is 1. The van der Waals surface area contributed by atoms with Gasteiger partial charge >= 0.3 is 0 Å². The Balaban J connectivity index is 3.20. The van der Waals surface area contributed by atoms with Crippen molar-refractivity contribution in [1.29, 1.82) is 0 Å². The molecule has 68 valence electrons. The predicted octanol–water partition coefficient (Wildman–Crippen LogP) is 3.26. The Hall–Kier alpha value is -1.37. The second-order valence-electron chi connectivity index (χ2n) is 3.22. The first-order valence-electron chi connectivity index (χ1n) is 4.38. The predicted molar refractivity (Wildman–Crippen MR) is 58.3 cm³/mol. The van der Waals surface area contributed by atoms with Crippen LogP contribution in [0.25, 0.3) is 0 Å². The van der Waals surface area contributed by atoms with Gasteiger partial charge in [0.1, 0.15) is 0 Å². The molecule has 1 nitrogen and oxygen atoms in total. The molecule has 0 aromatic heterocycles. The second-order valence-corrected chi connectivity index (χ2v) is 3.22. The summed E-state index contributed by atoms with van der Waals surface area (Å²) in [6, 6.07) is 6.38. The van der Waals surface area contributed by atoms with Crippen LogP contribution in [0.5, 0.6) is 0 Å². The van der Waals surface area contributed by atoms with Gasteiger partial charge in [-0.05, 0) is 38.0 Å². The number of aliphatic imine (C=N–C) groups is 1. The highest BCUT2D eigenvalue weighted by Gasteiger charge is 2.00. The first kappa shape index (κ1) is 9.72. The number of aryl methyl sites for hydroxylation is 2. The largest absolute Gasteiger partial charge is 0.262 e. The second kappa shape index (κ2) is 4.04. The summed E-state index contributed by atoms with van der Waals surface area (Å²) in [5.74, 6) is 0. The molecule has 0 bridgehead atoms. The van der Waals surface area contributed by atoms with Crippen LogP contribution in [-0.2, 0) is 0 Å². The molecule has 0 amide bonds. The molecule has 13 heavy (non-hydrogen) atoms. The lowest BCUT2D eigenvalue weighted by molar-refractivity contribution is 1.36. The highest BCUT2D eigenvalue weighted by atomic mass is 14.7. The summed E-state index contributed by atoms with van der Waals surface area (Å²) in [5.41, 5.74) is 4.75. The van der Waals surface area contributed by atoms with Gasteiger partial charge in [-0.2, -0.15) is 0 Å². The average molecular weight is 173 g/mol. The van der Waals surface area contributed by atoms with E-state index in [9.17, 15) is 0 Å². The minimum Gasteiger partial charge on any atom is -0.262 e. The zero-order valence-electron chi connectivity index (χ0n) is 8.46. The summed E-state index contributed by atoms with van der Waals surface area (Å²) >= 11 is 0. The molecule has 0 atom stereocenters. The van der Waals surface area contributed by atoms with Crippen LogP contribution in [-0.4, -0.2) is 5.71 Å². The van der Waals surface area contributed by atoms with Crippen molar-refractivity contribution >= 4 is 5.71 Å². The minimum absolute atomic E-state index is 1.02. The number of hydrogen-bond acceptors (Lipinski definition) is 1. The summed E-state index contributed by atoms with van der Waals surface area (Å²) in [5, 5.41) is 0. The van der Waals surface area contributed by atoms with E-state index < -0.39 is 0 Å². The maximum atomic E-state index is 4.18. The summed E-state index contributed by atoms with van der Waals surface area (Å²) < 4.78 is 0. The molecule has 0 radical (unpaired) electrons. The monoisotopic (exact) mass is 173 g/mol. The highest BCUT2D eigenvalue weighted by Crippen LogP contribution is 2.11. The van der Waals surface area contributed by atoms with Gasteiger partial charge in [0.05, 0.1) is 0 Å². The van der Waals surface area contributed by atoms with Crippen molar-refractivity contribution in [2.24, 2.45) is 4.99 Å². The van der Waals surface area contributed by atoms with Gasteiger partial charge in [-0.3, -0.25) is 4.99 Å². The van der Waals surface area contributed by atoms with Gasteiger partial charge < -0.3 is 0 Å². The van der Waals surface area contributed by atoms with Gasteiger partial charge in [-0.25, -0.2) is 0 Å². The van der Waals surface area contributed by atoms with Gasteiger partial charge in [-0.1, -0.05) is 24.3 Å². The maximum absolute atomic E-state index is 4.18. The van der Waals surface area contributed by atoms with E-state index in [1.165, 1.54) is 16.7 Å². The van der Waals surface area contributed by atoms with Crippen LogP contribution in [0.3, 0.4) is 0 Å². The first-order chi connectivity index (χ1) is 6.15. The van der Waals surface area contributed by atoms with E-state index in [4.69, 9.17) is 0 Å². The Labute approximate surface area is 79.8 Å².